The molecule has 0 spiro atoms. The zero-order chi connectivity index (χ0) is 9.14. The molecule has 0 saturated heterocycles. The summed E-state index contributed by atoms with van der Waals surface area (Å²) in [5.41, 5.74) is 0.120. The number of benzene rings is 1. The summed E-state index contributed by atoms with van der Waals surface area (Å²) in [6.07, 6.45) is 0. The van der Waals surface area contributed by atoms with Gasteiger partial charge in [-0.3, -0.25) is 10.1 Å². The fraction of sp³-hybridized carbons (Fsp3) is 0.143. The first-order valence-electron chi connectivity index (χ1n) is 3.19. The summed E-state index contributed by atoms with van der Waals surface area (Å²) >= 11 is 5.53. The van der Waals surface area contributed by atoms with Crippen LogP contribution in [0.25, 0.3) is 0 Å². The van der Waals surface area contributed by atoms with E-state index in [4.69, 9.17) is 16.7 Å². The molecular weight excluding hydrogens is 182 g/mol. The van der Waals surface area contributed by atoms with Crippen molar-refractivity contribution in [2.45, 2.75) is 6.61 Å². The van der Waals surface area contributed by atoms with Gasteiger partial charge in [-0.25, -0.2) is 0 Å². The molecule has 12 heavy (non-hydrogen) atoms. The molecule has 0 radical (unpaired) electrons. The predicted octanol–water partition coefficient (Wildman–Crippen LogP) is 1.74. The lowest BCUT2D eigenvalue weighted by Gasteiger charge is -1.98. The summed E-state index contributed by atoms with van der Waals surface area (Å²) in [5.74, 6) is 0. The van der Waals surface area contributed by atoms with Crippen molar-refractivity contribution >= 4 is 17.3 Å². The minimum Gasteiger partial charge on any atom is -0.391 e. The number of nitro groups is 1. The van der Waals surface area contributed by atoms with Crippen LogP contribution in [0.1, 0.15) is 5.56 Å². The van der Waals surface area contributed by atoms with Crippen molar-refractivity contribution in [2.24, 2.45) is 0 Å². The van der Waals surface area contributed by atoms with Crippen molar-refractivity contribution in [3.05, 3.63) is 38.9 Å². The second-order valence-corrected chi connectivity index (χ2v) is 2.62. The van der Waals surface area contributed by atoms with E-state index < -0.39 is 4.92 Å². The Labute approximate surface area is 73.5 Å². The van der Waals surface area contributed by atoms with Crippen molar-refractivity contribution in [1.82, 2.24) is 0 Å². The number of hydrogen-bond acceptors (Lipinski definition) is 3. The summed E-state index contributed by atoms with van der Waals surface area (Å²) in [4.78, 5) is 9.80. The Hall–Kier alpha value is -1.13. The SMILES string of the molecule is O=[N+]([O-])c1cc(Cl)ccc1CO. The zero-order valence-corrected chi connectivity index (χ0v) is 6.78. The molecular formula is C7H6ClNO3. The summed E-state index contributed by atoms with van der Waals surface area (Å²) in [6.45, 7) is -0.354. The van der Waals surface area contributed by atoms with Crippen LogP contribution in [-0.4, -0.2) is 10.0 Å². The van der Waals surface area contributed by atoms with Gasteiger partial charge in [0.05, 0.1) is 17.1 Å². The fourth-order valence-corrected chi connectivity index (χ4v) is 1.01. The molecule has 1 rings (SSSR count). The Morgan fingerprint density at radius 2 is 2.25 bits per heavy atom. The highest BCUT2D eigenvalue weighted by Gasteiger charge is 2.12. The van der Waals surface area contributed by atoms with Gasteiger partial charge in [0, 0.05) is 11.1 Å². The molecule has 1 aromatic rings. The first-order valence-corrected chi connectivity index (χ1v) is 3.56. The van der Waals surface area contributed by atoms with Gasteiger partial charge in [-0.05, 0) is 12.1 Å². The Balaban J connectivity index is 3.21. The topological polar surface area (TPSA) is 63.4 Å². The van der Waals surface area contributed by atoms with E-state index >= 15 is 0 Å². The van der Waals surface area contributed by atoms with E-state index in [0.29, 0.717) is 5.02 Å². The Kier molecular flexibility index (Phi) is 2.62. The summed E-state index contributed by atoms with van der Waals surface area (Å²) in [5, 5.41) is 19.4. The van der Waals surface area contributed by atoms with Gasteiger partial charge in [0.25, 0.3) is 5.69 Å². The van der Waals surface area contributed by atoms with Gasteiger partial charge in [-0.1, -0.05) is 11.6 Å². The highest BCUT2D eigenvalue weighted by Crippen LogP contribution is 2.22. The van der Waals surface area contributed by atoms with Gasteiger partial charge < -0.3 is 5.11 Å². The Morgan fingerprint density at radius 3 is 2.75 bits per heavy atom. The molecule has 5 heteroatoms. The van der Waals surface area contributed by atoms with Crippen LogP contribution in [0.15, 0.2) is 18.2 Å². The maximum atomic E-state index is 10.4. The molecule has 0 bridgehead atoms. The highest BCUT2D eigenvalue weighted by molar-refractivity contribution is 6.30. The van der Waals surface area contributed by atoms with E-state index in [0.717, 1.165) is 0 Å². The number of hydrogen-bond donors (Lipinski definition) is 1. The third-order valence-corrected chi connectivity index (χ3v) is 1.65. The lowest BCUT2D eigenvalue weighted by Crippen LogP contribution is -1.94. The molecule has 0 amide bonds. The smallest absolute Gasteiger partial charge is 0.276 e. The van der Waals surface area contributed by atoms with Crippen molar-refractivity contribution in [2.75, 3.05) is 0 Å². The van der Waals surface area contributed by atoms with Crippen molar-refractivity contribution in [3.63, 3.8) is 0 Å². The second-order valence-electron chi connectivity index (χ2n) is 2.19. The molecule has 0 aliphatic rings. The molecule has 64 valence electrons. The van der Waals surface area contributed by atoms with Crippen LogP contribution in [0.4, 0.5) is 5.69 Å². The molecule has 0 saturated carbocycles. The third kappa shape index (κ3) is 1.72. The minimum absolute atomic E-state index is 0.148. The number of nitrogens with zero attached hydrogens (tertiary/aromatic N) is 1. The maximum absolute atomic E-state index is 10.4. The maximum Gasteiger partial charge on any atom is 0.276 e. The number of aliphatic hydroxyl groups excluding tert-OH is 1. The standard InChI is InChI=1S/C7H6ClNO3/c8-6-2-1-5(4-10)7(3-6)9(11)12/h1-3,10H,4H2. The molecule has 4 nitrogen and oxygen atoms in total. The van der Waals surface area contributed by atoms with Gasteiger partial charge in [0.15, 0.2) is 0 Å². The molecule has 1 N–H and O–H groups in total. The van der Waals surface area contributed by atoms with Crippen molar-refractivity contribution < 1.29 is 10.0 Å². The molecule has 0 heterocycles. The predicted molar refractivity (Wildman–Crippen MR) is 44.0 cm³/mol. The van der Waals surface area contributed by atoms with Crippen LogP contribution in [0.3, 0.4) is 0 Å². The van der Waals surface area contributed by atoms with Crippen molar-refractivity contribution in [3.8, 4) is 0 Å². The quantitative estimate of drug-likeness (QED) is 0.567. The van der Waals surface area contributed by atoms with Crippen LogP contribution in [0, 0.1) is 10.1 Å². The number of nitro benzene ring substituents is 1. The minimum atomic E-state index is -0.572. The molecule has 0 unspecified atom stereocenters. The van der Waals surface area contributed by atoms with Gasteiger partial charge in [0.2, 0.25) is 0 Å². The van der Waals surface area contributed by atoms with E-state index in [1.165, 1.54) is 18.2 Å². The lowest BCUT2D eigenvalue weighted by atomic mass is 10.2. The summed E-state index contributed by atoms with van der Waals surface area (Å²) in [6, 6.07) is 4.15. The van der Waals surface area contributed by atoms with E-state index in [9.17, 15) is 10.1 Å². The van der Waals surface area contributed by atoms with Crippen LogP contribution in [0.2, 0.25) is 5.02 Å². The highest BCUT2D eigenvalue weighted by atomic mass is 35.5. The van der Waals surface area contributed by atoms with Gasteiger partial charge in [0.1, 0.15) is 0 Å². The van der Waals surface area contributed by atoms with Crippen LogP contribution < -0.4 is 0 Å². The molecule has 0 atom stereocenters. The van der Waals surface area contributed by atoms with E-state index in [-0.39, 0.29) is 17.9 Å². The molecule has 0 aliphatic carbocycles. The van der Waals surface area contributed by atoms with E-state index in [2.05, 4.69) is 0 Å². The average Bonchev–Trinajstić information content (AvgIpc) is 2.04. The average molecular weight is 188 g/mol. The monoisotopic (exact) mass is 187 g/mol. The van der Waals surface area contributed by atoms with E-state index in [1.807, 2.05) is 0 Å². The fourth-order valence-electron chi connectivity index (χ4n) is 0.841. The molecule has 0 aromatic heterocycles. The first kappa shape index (κ1) is 8.96. The summed E-state index contributed by atoms with van der Waals surface area (Å²) < 4.78 is 0. The lowest BCUT2D eigenvalue weighted by molar-refractivity contribution is -0.385. The van der Waals surface area contributed by atoms with Gasteiger partial charge in [-0.2, -0.15) is 0 Å². The largest absolute Gasteiger partial charge is 0.391 e. The number of halogens is 1. The third-order valence-electron chi connectivity index (χ3n) is 1.41. The van der Waals surface area contributed by atoms with Crippen LogP contribution in [0.5, 0.6) is 0 Å². The van der Waals surface area contributed by atoms with Gasteiger partial charge in [-0.15, -0.1) is 0 Å². The van der Waals surface area contributed by atoms with Crippen LogP contribution in [-0.2, 0) is 6.61 Å². The Bertz CT molecular complexity index is 314. The molecule has 0 fully saturated rings. The number of rotatable bonds is 2. The number of aliphatic hydroxyl groups is 1. The first-order chi connectivity index (χ1) is 5.65. The Morgan fingerprint density at radius 1 is 1.58 bits per heavy atom. The van der Waals surface area contributed by atoms with Crippen LogP contribution >= 0.6 is 11.6 Å². The normalized spacial score (nSPS) is 9.83. The molecule has 1 aromatic carbocycles. The molecule has 0 aliphatic heterocycles. The van der Waals surface area contributed by atoms with Gasteiger partial charge >= 0.3 is 0 Å². The summed E-state index contributed by atoms with van der Waals surface area (Å²) in [7, 11) is 0. The van der Waals surface area contributed by atoms with Crippen molar-refractivity contribution in [1.29, 1.82) is 0 Å². The second kappa shape index (κ2) is 3.51. The zero-order valence-electron chi connectivity index (χ0n) is 6.03. The van der Waals surface area contributed by atoms with E-state index in [1.54, 1.807) is 0 Å².